The maximum Gasteiger partial charge on any atom is 0.334 e. The molecule has 136 valence electrons. The maximum absolute atomic E-state index is 12.2. The van der Waals surface area contributed by atoms with Crippen LogP contribution >= 0.6 is 0 Å². The van der Waals surface area contributed by atoms with Crippen LogP contribution in [0, 0.1) is 11.8 Å². The first-order valence-corrected chi connectivity index (χ1v) is 8.47. The molecule has 0 aromatic carbocycles. The Kier molecular flexibility index (Phi) is 4.16. The molecule has 0 aliphatic carbocycles. The van der Waals surface area contributed by atoms with Crippen LogP contribution < -0.4 is 0 Å². The van der Waals surface area contributed by atoms with Crippen LogP contribution in [0.25, 0.3) is 0 Å². The van der Waals surface area contributed by atoms with Crippen molar-refractivity contribution < 1.29 is 28.9 Å². The van der Waals surface area contributed by atoms with Gasteiger partial charge in [-0.25, -0.2) is 4.79 Å². The Morgan fingerprint density at radius 3 is 2.76 bits per heavy atom. The van der Waals surface area contributed by atoms with Crippen LogP contribution in [0.5, 0.6) is 0 Å². The van der Waals surface area contributed by atoms with E-state index in [4.69, 9.17) is 14.2 Å². The predicted molar refractivity (Wildman–Crippen MR) is 89.2 cm³/mol. The molecule has 0 aromatic heterocycles. The van der Waals surface area contributed by atoms with Gasteiger partial charge in [0.15, 0.2) is 0 Å². The van der Waals surface area contributed by atoms with E-state index in [1.807, 2.05) is 6.92 Å². The average Bonchev–Trinajstić information content (AvgIpc) is 2.97. The van der Waals surface area contributed by atoms with Crippen molar-refractivity contribution in [3.63, 3.8) is 0 Å². The molecule has 1 fully saturated rings. The second-order valence-electron chi connectivity index (χ2n) is 7.55. The summed E-state index contributed by atoms with van der Waals surface area (Å²) in [7, 11) is 0. The van der Waals surface area contributed by atoms with E-state index < -0.39 is 35.5 Å². The number of carbonyl (C=O) groups is 2. The van der Waals surface area contributed by atoms with Crippen LogP contribution in [-0.2, 0) is 23.8 Å². The molecule has 6 heteroatoms. The zero-order valence-electron chi connectivity index (χ0n) is 14.9. The van der Waals surface area contributed by atoms with Crippen molar-refractivity contribution >= 4 is 11.9 Å². The summed E-state index contributed by atoms with van der Waals surface area (Å²) >= 11 is 0. The third-order valence-corrected chi connectivity index (χ3v) is 5.04. The molecule has 0 aromatic rings. The van der Waals surface area contributed by atoms with E-state index >= 15 is 0 Å². The number of carbonyl (C=O) groups excluding carboxylic acids is 2. The van der Waals surface area contributed by atoms with Crippen molar-refractivity contribution in [3.05, 3.63) is 36.0 Å². The van der Waals surface area contributed by atoms with Crippen molar-refractivity contribution in [2.75, 3.05) is 0 Å². The summed E-state index contributed by atoms with van der Waals surface area (Å²) in [6.07, 6.45) is 3.96. The Bertz CT molecular complexity index is 690. The standard InChI is InChI=1S/C19H24O6/c1-10(2)16(20)24-14-9-18(5)6-7-19(22,25-18)11(3)8-13-15(14)12(4)17(21)23-13/h6-8,10,13-15,22H,4,9H2,1-3,5H3/b11-8-/t13-,14-,15+,18-,19+/m1/s1. The van der Waals surface area contributed by atoms with E-state index in [0.717, 1.165) is 0 Å². The van der Waals surface area contributed by atoms with Crippen molar-refractivity contribution in [1.82, 2.24) is 0 Å². The first kappa shape index (κ1) is 17.9. The van der Waals surface area contributed by atoms with Crippen molar-refractivity contribution in [1.29, 1.82) is 0 Å². The molecule has 3 rings (SSSR count). The van der Waals surface area contributed by atoms with Gasteiger partial charge in [0.25, 0.3) is 0 Å². The molecule has 3 heterocycles. The quantitative estimate of drug-likeness (QED) is 0.467. The number of hydrogen-bond acceptors (Lipinski definition) is 6. The van der Waals surface area contributed by atoms with Gasteiger partial charge in [-0.3, -0.25) is 4.79 Å². The smallest absolute Gasteiger partial charge is 0.334 e. The molecule has 0 spiro atoms. The Morgan fingerprint density at radius 2 is 2.12 bits per heavy atom. The topological polar surface area (TPSA) is 82.1 Å². The number of hydrogen-bond donors (Lipinski definition) is 1. The van der Waals surface area contributed by atoms with E-state index in [1.54, 1.807) is 39.0 Å². The van der Waals surface area contributed by atoms with Gasteiger partial charge in [-0.1, -0.05) is 26.5 Å². The van der Waals surface area contributed by atoms with Gasteiger partial charge in [0.2, 0.25) is 5.79 Å². The minimum atomic E-state index is -1.56. The van der Waals surface area contributed by atoms with E-state index in [9.17, 15) is 14.7 Å². The monoisotopic (exact) mass is 348 g/mol. The van der Waals surface area contributed by atoms with E-state index in [1.165, 1.54) is 0 Å². The predicted octanol–water partition coefficient (Wildman–Crippen LogP) is 2.04. The third kappa shape index (κ3) is 3.04. The Hall–Kier alpha value is -1.92. The van der Waals surface area contributed by atoms with Crippen LogP contribution in [0.2, 0.25) is 0 Å². The lowest BCUT2D eigenvalue weighted by Gasteiger charge is -2.33. The first-order chi connectivity index (χ1) is 11.5. The zero-order chi connectivity index (χ0) is 18.6. The van der Waals surface area contributed by atoms with Gasteiger partial charge in [0, 0.05) is 12.0 Å². The summed E-state index contributed by atoms with van der Waals surface area (Å²) in [5.41, 5.74) is -0.0548. The molecule has 0 saturated carbocycles. The number of aliphatic hydroxyl groups is 1. The molecule has 0 amide bonds. The number of rotatable bonds is 2. The fourth-order valence-corrected chi connectivity index (χ4v) is 3.51. The van der Waals surface area contributed by atoms with E-state index in [-0.39, 0.29) is 23.9 Å². The lowest BCUT2D eigenvalue weighted by atomic mass is 9.83. The van der Waals surface area contributed by atoms with E-state index in [0.29, 0.717) is 5.57 Å². The first-order valence-electron chi connectivity index (χ1n) is 8.47. The molecular formula is C19H24O6. The van der Waals surface area contributed by atoms with Crippen molar-refractivity contribution in [3.8, 4) is 0 Å². The largest absolute Gasteiger partial charge is 0.461 e. The lowest BCUT2D eigenvalue weighted by molar-refractivity contribution is -0.190. The van der Waals surface area contributed by atoms with Crippen LogP contribution in [0.15, 0.2) is 36.0 Å². The molecular weight excluding hydrogens is 324 g/mol. The molecule has 25 heavy (non-hydrogen) atoms. The van der Waals surface area contributed by atoms with Crippen LogP contribution in [-0.4, -0.2) is 40.6 Å². The van der Waals surface area contributed by atoms with Crippen molar-refractivity contribution in [2.45, 2.75) is 57.7 Å². The van der Waals surface area contributed by atoms with Gasteiger partial charge in [-0.05, 0) is 31.6 Å². The van der Waals surface area contributed by atoms with Crippen LogP contribution in [0.4, 0.5) is 0 Å². The zero-order valence-corrected chi connectivity index (χ0v) is 14.9. The van der Waals surface area contributed by atoms with E-state index in [2.05, 4.69) is 6.58 Å². The highest BCUT2D eigenvalue weighted by molar-refractivity contribution is 5.91. The fourth-order valence-electron chi connectivity index (χ4n) is 3.51. The highest BCUT2D eigenvalue weighted by Crippen LogP contribution is 2.44. The maximum atomic E-state index is 12.2. The minimum Gasteiger partial charge on any atom is -0.461 e. The Labute approximate surface area is 147 Å². The van der Waals surface area contributed by atoms with Gasteiger partial charge >= 0.3 is 11.9 Å². The van der Waals surface area contributed by atoms with Gasteiger partial charge in [-0.2, -0.15) is 0 Å². The molecule has 3 aliphatic heterocycles. The van der Waals surface area contributed by atoms with Crippen LogP contribution in [0.3, 0.4) is 0 Å². The molecule has 1 saturated heterocycles. The second kappa shape index (κ2) is 5.81. The minimum absolute atomic E-state index is 0.271. The normalized spacial score (nSPS) is 42.2. The molecule has 2 bridgehead atoms. The number of esters is 2. The highest BCUT2D eigenvalue weighted by Gasteiger charge is 2.52. The van der Waals surface area contributed by atoms with Gasteiger partial charge < -0.3 is 19.3 Å². The molecule has 6 nitrogen and oxygen atoms in total. The van der Waals surface area contributed by atoms with Gasteiger partial charge in [0.05, 0.1) is 17.4 Å². The second-order valence-corrected chi connectivity index (χ2v) is 7.55. The molecule has 0 radical (unpaired) electrons. The highest BCUT2D eigenvalue weighted by atomic mass is 16.6. The van der Waals surface area contributed by atoms with Gasteiger partial charge in [0.1, 0.15) is 12.2 Å². The third-order valence-electron chi connectivity index (χ3n) is 5.04. The summed E-state index contributed by atoms with van der Waals surface area (Å²) < 4.78 is 17.0. The van der Waals surface area contributed by atoms with Crippen LogP contribution in [0.1, 0.15) is 34.1 Å². The molecule has 5 atom stereocenters. The number of ether oxygens (including phenoxy) is 3. The van der Waals surface area contributed by atoms with Gasteiger partial charge in [-0.15, -0.1) is 0 Å². The Balaban J connectivity index is 2.04. The average molecular weight is 348 g/mol. The van der Waals surface area contributed by atoms with Crippen molar-refractivity contribution in [2.24, 2.45) is 11.8 Å². The number of fused-ring (bicyclic) bond motifs is 3. The summed E-state index contributed by atoms with van der Waals surface area (Å²) in [6, 6.07) is 0. The lowest BCUT2D eigenvalue weighted by Crippen LogP contribution is -2.41. The molecule has 0 unspecified atom stereocenters. The summed E-state index contributed by atoms with van der Waals surface area (Å²) in [5, 5.41) is 10.7. The molecule has 3 aliphatic rings. The summed E-state index contributed by atoms with van der Waals surface area (Å²) in [6.45, 7) is 10.9. The Morgan fingerprint density at radius 1 is 1.44 bits per heavy atom. The summed E-state index contributed by atoms with van der Waals surface area (Å²) in [5.74, 6) is -3.26. The molecule has 1 N–H and O–H groups in total. The summed E-state index contributed by atoms with van der Waals surface area (Å²) in [4.78, 5) is 24.3. The SMILES string of the molecule is C=C1C(=O)O[C@@H]2/C=C(/C)[C@]3(O)C=C[C@](C)(C[C@@H](OC(=O)C(C)C)[C@@H]12)O3. The fraction of sp³-hybridized carbons (Fsp3) is 0.579.